The lowest BCUT2D eigenvalue weighted by molar-refractivity contribution is 0.434. The Bertz CT molecular complexity index is 807. The molecule has 7 heteroatoms. The monoisotopic (exact) mass is 455 g/mol. The highest BCUT2D eigenvalue weighted by atomic mass is 79.9. The largest absolute Gasteiger partial charge is 0.362 e. The molecule has 0 saturated heterocycles. The second-order valence-electron chi connectivity index (χ2n) is 6.70. The van der Waals surface area contributed by atoms with E-state index in [0.29, 0.717) is 22.5 Å². The summed E-state index contributed by atoms with van der Waals surface area (Å²) in [5.41, 5.74) is 2.05. The summed E-state index contributed by atoms with van der Waals surface area (Å²) < 4.78 is 14.1. The van der Waals surface area contributed by atoms with Gasteiger partial charge in [-0.25, -0.2) is 9.37 Å². The van der Waals surface area contributed by atoms with Gasteiger partial charge in [-0.05, 0) is 71.2 Å². The average molecular weight is 457 g/mol. The number of halogens is 3. The number of thiocarbonyl (C=S) groups is 1. The van der Waals surface area contributed by atoms with E-state index in [2.05, 4.69) is 31.5 Å². The van der Waals surface area contributed by atoms with E-state index >= 15 is 0 Å². The van der Waals surface area contributed by atoms with Gasteiger partial charge in [0.1, 0.15) is 11.6 Å². The molecular weight excluding hydrogens is 437 g/mol. The number of hydrogen-bond donors (Lipinski definition) is 2. The predicted octanol–water partition coefficient (Wildman–Crippen LogP) is 5.74. The Balaban J connectivity index is 1.69. The standard InChI is InChI=1S/C19H20BrClFN3S/c1-12-15(21)10-23-17(16(12)20)25-18(26)24-11-19(8-2-3-9-19)13-4-6-14(22)7-5-13/h4-7,10H,2-3,8-9,11H2,1H3,(H2,23,24,25,26). The molecule has 0 radical (unpaired) electrons. The van der Waals surface area contributed by atoms with Crippen molar-refractivity contribution < 1.29 is 4.39 Å². The fraction of sp³-hybridized carbons (Fsp3) is 0.368. The van der Waals surface area contributed by atoms with Gasteiger partial charge in [-0.15, -0.1) is 0 Å². The highest BCUT2D eigenvalue weighted by molar-refractivity contribution is 9.10. The van der Waals surface area contributed by atoms with Crippen molar-refractivity contribution in [2.45, 2.75) is 38.0 Å². The zero-order valence-corrected chi connectivity index (χ0v) is 17.6. The lowest BCUT2D eigenvalue weighted by Crippen LogP contribution is -2.41. The molecule has 0 atom stereocenters. The van der Waals surface area contributed by atoms with E-state index < -0.39 is 0 Å². The van der Waals surface area contributed by atoms with E-state index in [4.69, 9.17) is 23.8 Å². The number of aromatic nitrogens is 1. The molecule has 138 valence electrons. The molecule has 0 unspecified atom stereocenters. The van der Waals surface area contributed by atoms with Crippen LogP contribution in [0.4, 0.5) is 10.2 Å². The molecule has 1 aliphatic rings. The molecule has 3 nitrogen and oxygen atoms in total. The minimum Gasteiger partial charge on any atom is -0.362 e. The predicted molar refractivity (Wildman–Crippen MR) is 112 cm³/mol. The van der Waals surface area contributed by atoms with Crippen molar-refractivity contribution in [3.63, 3.8) is 0 Å². The molecule has 1 aliphatic carbocycles. The number of nitrogens with one attached hydrogen (secondary N) is 2. The number of benzene rings is 1. The molecule has 0 aliphatic heterocycles. The van der Waals surface area contributed by atoms with Crippen molar-refractivity contribution in [2.24, 2.45) is 0 Å². The molecule has 1 aromatic carbocycles. The molecular formula is C19H20BrClFN3S. The van der Waals surface area contributed by atoms with Gasteiger partial charge in [-0.2, -0.15) is 0 Å². The molecule has 2 aromatic rings. The number of nitrogens with zero attached hydrogens (tertiary/aromatic N) is 1. The zero-order chi connectivity index (χ0) is 18.7. The van der Waals surface area contributed by atoms with Crippen LogP contribution in [0.15, 0.2) is 34.9 Å². The summed E-state index contributed by atoms with van der Waals surface area (Å²) in [6.07, 6.45) is 6.07. The Morgan fingerprint density at radius 2 is 1.96 bits per heavy atom. The van der Waals surface area contributed by atoms with Crippen LogP contribution in [0.5, 0.6) is 0 Å². The second-order valence-corrected chi connectivity index (χ2v) is 8.30. The smallest absolute Gasteiger partial charge is 0.172 e. The summed E-state index contributed by atoms with van der Waals surface area (Å²) in [6, 6.07) is 6.84. The molecule has 1 aromatic heterocycles. The van der Waals surface area contributed by atoms with E-state index in [1.54, 1.807) is 6.20 Å². The number of anilines is 1. The fourth-order valence-electron chi connectivity index (χ4n) is 3.47. The highest BCUT2D eigenvalue weighted by Crippen LogP contribution is 2.40. The van der Waals surface area contributed by atoms with Gasteiger partial charge in [0, 0.05) is 18.2 Å². The van der Waals surface area contributed by atoms with Crippen LogP contribution >= 0.6 is 39.7 Å². The first kappa shape index (κ1) is 19.5. The molecule has 2 N–H and O–H groups in total. The molecule has 0 bridgehead atoms. The first-order chi connectivity index (χ1) is 12.4. The Morgan fingerprint density at radius 3 is 2.62 bits per heavy atom. The van der Waals surface area contributed by atoms with Crippen LogP contribution in [0, 0.1) is 12.7 Å². The SMILES string of the molecule is Cc1c(Cl)cnc(NC(=S)NCC2(c3ccc(F)cc3)CCCC2)c1Br. The minimum atomic E-state index is -0.207. The van der Waals surface area contributed by atoms with Gasteiger partial charge < -0.3 is 10.6 Å². The first-order valence-corrected chi connectivity index (χ1v) is 10.1. The van der Waals surface area contributed by atoms with Gasteiger partial charge in [0.25, 0.3) is 0 Å². The van der Waals surface area contributed by atoms with E-state index in [9.17, 15) is 4.39 Å². The third kappa shape index (κ3) is 4.18. The van der Waals surface area contributed by atoms with Crippen LogP contribution < -0.4 is 10.6 Å². The third-order valence-corrected chi connectivity index (χ3v) is 6.64. The lowest BCUT2D eigenvalue weighted by Gasteiger charge is -2.30. The average Bonchev–Trinajstić information content (AvgIpc) is 3.11. The normalized spacial score (nSPS) is 15.7. The van der Waals surface area contributed by atoms with Gasteiger partial charge in [-0.3, -0.25) is 0 Å². The molecule has 3 rings (SSSR count). The maximum absolute atomic E-state index is 13.3. The zero-order valence-electron chi connectivity index (χ0n) is 14.4. The third-order valence-electron chi connectivity index (χ3n) is 5.04. The van der Waals surface area contributed by atoms with Crippen LogP contribution in [0.25, 0.3) is 0 Å². The Morgan fingerprint density at radius 1 is 1.31 bits per heavy atom. The summed E-state index contributed by atoms with van der Waals surface area (Å²) in [5.74, 6) is 0.424. The van der Waals surface area contributed by atoms with Gasteiger partial charge >= 0.3 is 0 Å². The summed E-state index contributed by atoms with van der Waals surface area (Å²) in [5, 5.41) is 7.55. The van der Waals surface area contributed by atoms with Crippen molar-refractivity contribution in [3.05, 3.63) is 56.9 Å². The molecule has 26 heavy (non-hydrogen) atoms. The topological polar surface area (TPSA) is 37.0 Å². The molecule has 1 heterocycles. The molecule has 1 saturated carbocycles. The first-order valence-electron chi connectivity index (χ1n) is 8.53. The summed E-state index contributed by atoms with van der Waals surface area (Å²) in [7, 11) is 0. The Kier molecular flexibility index (Phi) is 6.15. The van der Waals surface area contributed by atoms with Gasteiger partial charge in [0.15, 0.2) is 5.11 Å². The van der Waals surface area contributed by atoms with Crippen LogP contribution in [0.3, 0.4) is 0 Å². The fourth-order valence-corrected chi connectivity index (χ4v) is 4.31. The van der Waals surface area contributed by atoms with E-state index in [1.165, 1.54) is 25.0 Å². The van der Waals surface area contributed by atoms with Crippen molar-refractivity contribution in [1.29, 1.82) is 0 Å². The van der Waals surface area contributed by atoms with Crippen molar-refractivity contribution in [1.82, 2.24) is 10.3 Å². The van der Waals surface area contributed by atoms with Gasteiger partial charge in [0.2, 0.25) is 0 Å². The van der Waals surface area contributed by atoms with E-state index in [0.717, 1.165) is 28.4 Å². The van der Waals surface area contributed by atoms with E-state index in [-0.39, 0.29) is 11.2 Å². The quantitative estimate of drug-likeness (QED) is 0.575. The van der Waals surface area contributed by atoms with Crippen molar-refractivity contribution in [3.8, 4) is 0 Å². The highest BCUT2D eigenvalue weighted by Gasteiger charge is 2.35. The molecule has 0 amide bonds. The van der Waals surface area contributed by atoms with Crippen LogP contribution in [-0.4, -0.2) is 16.6 Å². The van der Waals surface area contributed by atoms with E-state index in [1.807, 2.05) is 19.1 Å². The van der Waals surface area contributed by atoms with Crippen LogP contribution in [-0.2, 0) is 5.41 Å². The van der Waals surface area contributed by atoms with Crippen molar-refractivity contribution in [2.75, 3.05) is 11.9 Å². The molecule has 1 fully saturated rings. The lowest BCUT2D eigenvalue weighted by atomic mass is 9.79. The Hall–Kier alpha value is -1.24. The summed E-state index contributed by atoms with van der Waals surface area (Å²) in [6.45, 7) is 2.62. The summed E-state index contributed by atoms with van der Waals surface area (Å²) in [4.78, 5) is 4.28. The van der Waals surface area contributed by atoms with Gasteiger partial charge in [-0.1, -0.05) is 36.6 Å². The number of hydrogen-bond acceptors (Lipinski definition) is 2. The number of pyridine rings is 1. The molecule has 0 spiro atoms. The maximum atomic E-state index is 13.3. The summed E-state index contributed by atoms with van der Waals surface area (Å²) >= 11 is 15.0. The number of rotatable bonds is 4. The maximum Gasteiger partial charge on any atom is 0.172 e. The Labute approximate surface area is 171 Å². The van der Waals surface area contributed by atoms with Crippen molar-refractivity contribution >= 4 is 50.7 Å². The second kappa shape index (κ2) is 8.19. The van der Waals surface area contributed by atoms with Crippen LogP contribution in [0.2, 0.25) is 5.02 Å². The van der Waals surface area contributed by atoms with Gasteiger partial charge in [0.05, 0.1) is 9.50 Å². The minimum absolute atomic E-state index is 0.0139. The van der Waals surface area contributed by atoms with Crippen LogP contribution in [0.1, 0.15) is 36.8 Å².